The standard InChI is InChI=1S/C22H30N2O4/c1-15-5-6-17(11-16(15)2)7-8-20(25)24-13-18(12-19(14-24)22(27)28)21(26)23-9-3-4-10-23/h5-6,11,18-19H,3-4,7-10,12-14H2,1-2H3,(H,27,28)/t18-,19+/m1/s1. The summed E-state index contributed by atoms with van der Waals surface area (Å²) in [4.78, 5) is 40.6. The first kappa shape index (κ1) is 20.4. The Morgan fingerprint density at radius 2 is 1.68 bits per heavy atom. The first-order valence-corrected chi connectivity index (χ1v) is 10.2. The van der Waals surface area contributed by atoms with Crippen molar-refractivity contribution in [2.75, 3.05) is 26.2 Å². The number of rotatable bonds is 5. The predicted octanol–water partition coefficient (Wildman–Crippen LogP) is 2.41. The number of carboxylic acids is 1. The molecule has 2 amide bonds. The summed E-state index contributed by atoms with van der Waals surface area (Å²) in [5.41, 5.74) is 3.52. The molecule has 1 aromatic carbocycles. The van der Waals surface area contributed by atoms with Gasteiger partial charge in [0.15, 0.2) is 0 Å². The molecule has 6 nitrogen and oxygen atoms in total. The van der Waals surface area contributed by atoms with E-state index in [1.165, 1.54) is 11.1 Å². The summed E-state index contributed by atoms with van der Waals surface area (Å²) < 4.78 is 0. The molecular weight excluding hydrogens is 356 g/mol. The molecule has 3 rings (SSSR count). The maximum absolute atomic E-state index is 12.8. The van der Waals surface area contributed by atoms with E-state index in [-0.39, 0.29) is 18.4 Å². The summed E-state index contributed by atoms with van der Waals surface area (Å²) >= 11 is 0. The smallest absolute Gasteiger partial charge is 0.308 e. The lowest BCUT2D eigenvalue weighted by Crippen LogP contribution is -2.50. The van der Waals surface area contributed by atoms with E-state index in [2.05, 4.69) is 26.0 Å². The van der Waals surface area contributed by atoms with Crippen LogP contribution in [0.4, 0.5) is 0 Å². The molecule has 1 aromatic rings. The Labute approximate surface area is 166 Å². The molecular formula is C22H30N2O4. The van der Waals surface area contributed by atoms with E-state index in [1.807, 2.05) is 11.0 Å². The lowest BCUT2D eigenvalue weighted by Gasteiger charge is -2.37. The molecule has 0 unspecified atom stereocenters. The molecule has 2 aliphatic rings. The summed E-state index contributed by atoms with van der Waals surface area (Å²) in [6.45, 7) is 6.14. The van der Waals surface area contributed by atoms with Crippen molar-refractivity contribution in [3.63, 3.8) is 0 Å². The van der Waals surface area contributed by atoms with Crippen LogP contribution in [0.1, 0.15) is 42.4 Å². The van der Waals surface area contributed by atoms with Crippen LogP contribution in [-0.2, 0) is 20.8 Å². The second kappa shape index (κ2) is 8.76. The highest BCUT2D eigenvalue weighted by Crippen LogP contribution is 2.26. The number of aryl methyl sites for hydroxylation is 3. The summed E-state index contributed by atoms with van der Waals surface area (Å²) in [5, 5.41) is 9.50. The van der Waals surface area contributed by atoms with Gasteiger partial charge in [-0.05, 0) is 56.2 Å². The van der Waals surface area contributed by atoms with Crippen LogP contribution in [-0.4, -0.2) is 58.9 Å². The Hall–Kier alpha value is -2.37. The van der Waals surface area contributed by atoms with E-state index in [0.717, 1.165) is 31.5 Å². The van der Waals surface area contributed by atoms with Crippen LogP contribution < -0.4 is 0 Å². The van der Waals surface area contributed by atoms with E-state index in [9.17, 15) is 19.5 Å². The van der Waals surface area contributed by atoms with Gasteiger partial charge in [-0.1, -0.05) is 18.2 Å². The average Bonchev–Trinajstić information content (AvgIpc) is 3.22. The summed E-state index contributed by atoms with van der Waals surface area (Å²) in [6, 6.07) is 6.19. The van der Waals surface area contributed by atoms with Gasteiger partial charge in [-0.25, -0.2) is 0 Å². The van der Waals surface area contributed by atoms with Gasteiger partial charge >= 0.3 is 5.97 Å². The van der Waals surface area contributed by atoms with Crippen LogP contribution in [0.25, 0.3) is 0 Å². The van der Waals surface area contributed by atoms with Gasteiger partial charge in [0, 0.05) is 32.6 Å². The molecule has 152 valence electrons. The minimum Gasteiger partial charge on any atom is -0.481 e. The molecule has 1 N–H and O–H groups in total. The van der Waals surface area contributed by atoms with E-state index in [4.69, 9.17) is 0 Å². The largest absolute Gasteiger partial charge is 0.481 e. The lowest BCUT2D eigenvalue weighted by molar-refractivity contribution is -0.150. The van der Waals surface area contributed by atoms with Crippen molar-refractivity contribution in [1.29, 1.82) is 0 Å². The first-order chi connectivity index (χ1) is 13.3. The van der Waals surface area contributed by atoms with Crippen LogP contribution in [0.3, 0.4) is 0 Å². The number of piperidine rings is 1. The van der Waals surface area contributed by atoms with Crippen molar-refractivity contribution >= 4 is 17.8 Å². The summed E-state index contributed by atoms with van der Waals surface area (Å²) in [5.74, 6) is -2.06. The van der Waals surface area contributed by atoms with E-state index in [1.54, 1.807) is 4.90 Å². The highest BCUT2D eigenvalue weighted by atomic mass is 16.4. The molecule has 6 heteroatoms. The lowest BCUT2D eigenvalue weighted by atomic mass is 9.88. The van der Waals surface area contributed by atoms with Crippen molar-refractivity contribution in [2.24, 2.45) is 11.8 Å². The van der Waals surface area contributed by atoms with Gasteiger partial charge in [-0.15, -0.1) is 0 Å². The maximum Gasteiger partial charge on any atom is 0.308 e. The SMILES string of the molecule is Cc1ccc(CCC(=O)N2C[C@@H](C(=O)O)C[C@@H](C(=O)N3CCCC3)C2)cc1C. The zero-order chi connectivity index (χ0) is 20.3. The third-order valence-electron chi connectivity index (χ3n) is 6.12. The van der Waals surface area contributed by atoms with E-state index >= 15 is 0 Å². The minimum absolute atomic E-state index is 0.00964. The number of nitrogens with zero attached hydrogens (tertiary/aromatic N) is 2. The highest BCUT2D eigenvalue weighted by molar-refractivity contribution is 5.83. The molecule has 28 heavy (non-hydrogen) atoms. The first-order valence-electron chi connectivity index (χ1n) is 10.2. The molecule has 0 saturated carbocycles. The van der Waals surface area contributed by atoms with Crippen LogP contribution in [0.5, 0.6) is 0 Å². The maximum atomic E-state index is 12.8. The number of amides is 2. The fourth-order valence-corrected chi connectivity index (χ4v) is 4.22. The summed E-state index contributed by atoms with van der Waals surface area (Å²) in [7, 11) is 0. The molecule has 2 heterocycles. The Morgan fingerprint density at radius 3 is 2.32 bits per heavy atom. The Bertz CT molecular complexity index is 755. The molecule has 2 aliphatic heterocycles. The van der Waals surface area contributed by atoms with Gasteiger partial charge in [0.05, 0.1) is 11.8 Å². The van der Waals surface area contributed by atoms with Gasteiger partial charge in [-0.3, -0.25) is 14.4 Å². The Kier molecular flexibility index (Phi) is 6.37. The number of carbonyl (C=O) groups is 3. The number of hydrogen-bond donors (Lipinski definition) is 1. The van der Waals surface area contributed by atoms with Crippen molar-refractivity contribution < 1.29 is 19.5 Å². The Morgan fingerprint density at radius 1 is 1.00 bits per heavy atom. The molecule has 0 radical (unpaired) electrons. The third kappa shape index (κ3) is 4.72. The summed E-state index contributed by atoms with van der Waals surface area (Å²) in [6.07, 6.45) is 3.28. The molecule has 0 aliphatic carbocycles. The van der Waals surface area contributed by atoms with Gasteiger partial charge in [0.25, 0.3) is 0 Å². The fourth-order valence-electron chi connectivity index (χ4n) is 4.22. The van der Waals surface area contributed by atoms with Gasteiger partial charge in [0.1, 0.15) is 0 Å². The van der Waals surface area contributed by atoms with Crippen LogP contribution in [0.15, 0.2) is 18.2 Å². The minimum atomic E-state index is -0.925. The van der Waals surface area contributed by atoms with Gasteiger partial charge in [-0.2, -0.15) is 0 Å². The zero-order valence-electron chi connectivity index (χ0n) is 16.8. The average molecular weight is 386 g/mol. The van der Waals surface area contributed by atoms with E-state index < -0.39 is 17.8 Å². The molecule has 0 aromatic heterocycles. The molecule has 0 spiro atoms. The molecule has 2 saturated heterocycles. The number of aliphatic carboxylic acids is 1. The van der Waals surface area contributed by atoms with Gasteiger partial charge < -0.3 is 14.9 Å². The number of carboxylic acid groups (broad SMARTS) is 1. The number of likely N-dealkylation sites (tertiary alicyclic amines) is 2. The number of carbonyl (C=O) groups excluding carboxylic acids is 2. The van der Waals surface area contributed by atoms with Crippen molar-refractivity contribution in [2.45, 2.75) is 46.0 Å². The third-order valence-corrected chi connectivity index (χ3v) is 6.12. The van der Waals surface area contributed by atoms with E-state index in [0.29, 0.717) is 25.8 Å². The predicted molar refractivity (Wildman–Crippen MR) is 106 cm³/mol. The molecule has 2 atom stereocenters. The molecule has 0 bridgehead atoms. The van der Waals surface area contributed by atoms with Crippen molar-refractivity contribution in [1.82, 2.24) is 9.80 Å². The molecule has 2 fully saturated rings. The second-order valence-electron chi connectivity index (χ2n) is 8.22. The second-order valence-corrected chi connectivity index (χ2v) is 8.22. The Balaban J connectivity index is 1.64. The number of benzene rings is 1. The van der Waals surface area contributed by atoms with Gasteiger partial charge in [0.2, 0.25) is 11.8 Å². The number of hydrogen-bond acceptors (Lipinski definition) is 3. The van der Waals surface area contributed by atoms with Crippen molar-refractivity contribution in [3.8, 4) is 0 Å². The fraction of sp³-hybridized carbons (Fsp3) is 0.591. The van der Waals surface area contributed by atoms with Crippen LogP contribution >= 0.6 is 0 Å². The van der Waals surface area contributed by atoms with Crippen molar-refractivity contribution in [3.05, 3.63) is 34.9 Å². The monoisotopic (exact) mass is 386 g/mol. The quantitative estimate of drug-likeness (QED) is 0.843. The topological polar surface area (TPSA) is 77.9 Å². The highest BCUT2D eigenvalue weighted by Gasteiger charge is 2.38. The van der Waals surface area contributed by atoms with Crippen LogP contribution in [0.2, 0.25) is 0 Å². The van der Waals surface area contributed by atoms with Crippen LogP contribution in [0, 0.1) is 25.7 Å². The zero-order valence-corrected chi connectivity index (χ0v) is 16.8. The normalized spacial score (nSPS) is 22.4.